The number of hydrogen-bond donors (Lipinski definition) is 0. The molecule has 14 heavy (non-hydrogen) atoms. The van der Waals surface area contributed by atoms with E-state index in [9.17, 15) is 0 Å². The van der Waals surface area contributed by atoms with E-state index in [4.69, 9.17) is 31.6 Å². The predicted molar refractivity (Wildman–Crippen MR) is 65.6 cm³/mol. The van der Waals surface area contributed by atoms with E-state index in [2.05, 4.69) is 0 Å². The summed E-state index contributed by atoms with van der Waals surface area (Å²) in [6, 6.07) is 0. The Morgan fingerprint density at radius 1 is 1.14 bits per heavy atom. The molecule has 0 bridgehead atoms. The summed E-state index contributed by atoms with van der Waals surface area (Å²) in [4.78, 5) is 0. The molecule has 0 aliphatic heterocycles. The van der Waals surface area contributed by atoms with Crippen molar-refractivity contribution >= 4 is 41.7 Å². The van der Waals surface area contributed by atoms with Gasteiger partial charge in [0.1, 0.15) is 0 Å². The Labute approximate surface area is 101 Å². The van der Waals surface area contributed by atoms with Crippen LogP contribution in [0.25, 0.3) is 0 Å². The monoisotopic (exact) mass is 376 g/mol. The van der Waals surface area contributed by atoms with Gasteiger partial charge in [0.25, 0.3) is 0 Å². The second-order valence-corrected chi connectivity index (χ2v) is 20.8. The summed E-state index contributed by atoms with van der Waals surface area (Å²) in [5.74, 6) is 0. The van der Waals surface area contributed by atoms with E-state index in [-0.39, 0.29) is 10.1 Å². The quantitative estimate of drug-likeness (QED) is 0.526. The molecule has 86 valence electrons. The number of hydrogen-bond acceptors (Lipinski definition) is 1. The van der Waals surface area contributed by atoms with E-state index in [1.807, 2.05) is 6.92 Å². The Morgan fingerprint density at radius 3 is 2.36 bits per heavy atom. The fourth-order valence-corrected chi connectivity index (χ4v) is 8.89. The zero-order valence-electron chi connectivity index (χ0n) is 8.35. The second-order valence-electron chi connectivity index (χ2n) is 3.61. The third-order valence-electron chi connectivity index (χ3n) is 2.62. The van der Waals surface area contributed by atoms with Gasteiger partial charge in [-0.2, -0.15) is 0 Å². The Hall–Kier alpha value is 1.62. The minimum atomic E-state index is -3.12. The van der Waals surface area contributed by atoms with E-state index in [1.54, 1.807) is 0 Å². The van der Waals surface area contributed by atoms with Crippen molar-refractivity contribution in [2.75, 3.05) is 6.61 Å². The minimum absolute atomic E-state index is 0.205. The fraction of sp³-hybridized carbons (Fsp3) is 1.00. The van der Waals surface area contributed by atoms with Gasteiger partial charge < -0.3 is 0 Å². The average molecular weight is 375 g/mol. The van der Waals surface area contributed by atoms with Crippen LogP contribution in [0.3, 0.4) is 0 Å². The first-order valence-corrected chi connectivity index (χ1v) is 15.3. The van der Waals surface area contributed by atoms with Crippen molar-refractivity contribution in [3.63, 3.8) is 0 Å². The van der Waals surface area contributed by atoms with Crippen LogP contribution in [0.15, 0.2) is 0 Å². The molecule has 0 aromatic rings. The van der Waals surface area contributed by atoms with Crippen molar-refractivity contribution in [3.8, 4) is 0 Å². The third-order valence-corrected chi connectivity index (χ3v) is 10.7. The molecular formula is C9H17Cl3OTe. The van der Waals surface area contributed by atoms with Gasteiger partial charge in [0.15, 0.2) is 0 Å². The first-order chi connectivity index (χ1) is 6.55. The summed E-state index contributed by atoms with van der Waals surface area (Å²) in [5.41, 5.74) is 0. The molecule has 1 saturated carbocycles. The fourth-order valence-electron chi connectivity index (χ4n) is 1.95. The molecule has 1 fully saturated rings. The van der Waals surface area contributed by atoms with Crippen LogP contribution in [0.4, 0.5) is 0 Å². The second kappa shape index (κ2) is 6.38. The molecule has 5 heteroatoms. The predicted octanol–water partition coefficient (Wildman–Crippen LogP) is 4.38. The van der Waals surface area contributed by atoms with Gasteiger partial charge >= 0.3 is 102 Å². The summed E-state index contributed by atoms with van der Waals surface area (Å²) in [7, 11) is 18.5. The van der Waals surface area contributed by atoms with Crippen molar-refractivity contribution in [1.29, 1.82) is 0 Å². The molecule has 1 aliphatic carbocycles. The summed E-state index contributed by atoms with van der Waals surface area (Å²) < 4.78 is 5.94. The van der Waals surface area contributed by atoms with E-state index in [1.165, 1.54) is 19.3 Å². The van der Waals surface area contributed by atoms with E-state index < -0.39 is 14.8 Å². The normalized spacial score (nSPS) is 31.1. The molecule has 2 atom stereocenters. The molecule has 1 nitrogen and oxygen atoms in total. The van der Waals surface area contributed by atoms with Crippen LogP contribution in [-0.4, -0.2) is 27.5 Å². The van der Waals surface area contributed by atoms with Crippen LogP contribution >= 0.6 is 26.9 Å². The first-order valence-electron chi connectivity index (χ1n) is 5.08. The zero-order chi connectivity index (χ0) is 10.6. The zero-order valence-corrected chi connectivity index (χ0v) is 12.9. The molecule has 0 aromatic carbocycles. The van der Waals surface area contributed by atoms with Gasteiger partial charge in [-0.05, 0) is 0 Å². The number of rotatable bonds is 3. The summed E-state index contributed by atoms with van der Waals surface area (Å²) >= 11 is -3.12. The van der Waals surface area contributed by atoms with Crippen molar-refractivity contribution in [3.05, 3.63) is 0 Å². The van der Waals surface area contributed by atoms with E-state index in [0.29, 0.717) is 0 Å². The van der Waals surface area contributed by atoms with Crippen LogP contribution < -0.4 is 0 Å². The number of ether oxygens (including phenoxy) is 1. The molecule has 0 heterocycles. The van der Waals surface area contributed by atoms with Gasteiger partial charge in [0, 0.05) is 0 Å². The summed E-state index contributed by atoms with van der Waals surface area (Å²) in [5, 5.41) is 0. The Morgan fingerprint density at radius 2 is 1.79 bits per heavy atom. The summed E-state index contributed by atoms with van der Waals surface area (Å²) in [6.45, 7) is 2.73. The number of halogens is 3. The molecule has 0 saturated heterocycles. The van der Waals surface area contributed by atoms with Crippen LogP contribution in [0.1, 0.15) is 39.0 Å². The van der Waals surface area contributed by atoms with Gasteiger partial charge in [-0.1, -0.05) is 0 Å². The molecule has 0 amide bonds. The molecule has 0 unspecified atom stereocenters. The SMILES string of the molecule is CCO[C@@H]1CCCCC[C@H]1[Te](Cl)(Cl)Cl. The van der Waals surface area contributed by atoms with Crippen molar-refractivity contribution in [1.82, 2.24) is 0 Å². The standard InChI is InChI=1S/C9H17Cl3OTe/c1-2-13-8-6-4-3-5-7-9(8)14(10,11)12/h8-9H,2-7H2,1H3/t8-,9-/m1/s1. The maximum atomic E-state index is 6.16. The summed E-state index contributed by atoms with van der Waals surface area (Å²) in [6.07, 6.45) is 5.97. The molecular weight excluding hydrogens is 358 g/mol. The molecule has 0 spiro atoms. The van der Waals surface area contributed by atoms with Crippen molar-refractivity contribution in [2.45, 2.75) is 49.1 Å². The van der Waals surface area contributed by atoms with E-state index in [0.717, 1.165) is 19.4 Å². The van der Waals surface area contributed by atoms with Crippen LogP contribution in [0, 0.1) is 0 Å². The Bertz CT molecular complexity index is 172. The van der Waals surface area contributed by atoms with Crippen molar-refractivity contribution in [2.24, 2.45) is 0 Å². The first kappa shape index (κ1) is 13.7. The maximum absolute atomic E-state index is 6.16. The molecule has 0 N–H and O–H groups in total. The van der Waals surface area contributed by atoms with Gasteiger partial charge in [0.2, 0.25) is 0 Å². The Balaban J connectivity index is 2.64. The average Bonchev–Trinajstić information content (AvgIpc) is 2.29. The van der Waals surface area contributed by atoms with Gasteiger partial charge in [0.05, 0.1) is 0 Å². The molecule has 0 aromatic heterocycles. The van der Waals surface area contributed by atoms with Gasteiger partial charge in [-0.3, -0.25) is 0 Å². The van der Waals surface area contributed by atoms with Gasteiger partial charge in [-0.25, -0.2) is 0 Å². The third kappa shape index (κ3) is 4.24. The van der Waals surface area contributed by atoms with Crippen LogP contribution in [0.5, 0.6) is 0 Å². The van der Waals surface area contributed by atoms with Gasteiger partial charge in [-0.15, -0.1) is 0 Å². The van der Waals surface area contributed by atoms with E-state index >= 15 is 0 Å². The molecule has 1 rings (SSSR count). The van der Waals surface area contributed by atoms with Crippen molar-refractivity contribution < 1.29 is 4.74 Å². The molecule has 1 aliphatic rings. The molecule has 0 radical (unpaired) electrons. The van der Waals surface area contributed by atoms with Crippen LogP contribution in [-0.2, 0) is 4.74 Å². The van der Waals surface area contributed by atoms with Crippen LogP contribution in [0.2, 0.25) is 3.97 Å². The Kier molecular flexibility index (Phi) is 6.23. The topological polar surface area (TPSA) is 9.23 Å².